The molecular weight excluding hydrogens is 360 g/mol. The summed E-state index contributed by atoms with van der Waals surface area (Å²) in [4.78, 5) is 30.0. The number of amides is 3. The zero-order chi connectivity index (χ0) is 19.4. The van der Waals surface area contributed by atoms with Crippen molar-refractivity contribution in [3.05, 3.63) is 48.8 Å². The molecule has 0 radical (unpaired) electrons. The number of ether oxygens (including phenoxy) is 2. The standard InChI is InChI=1S/C20H22N4O4/c25-18(24-11-4-8-20(9-12-24)14-22-19(26)28-20)23-16-6-1-2-7-17(16)27-15-5-3-10-21-13-15/h1-3,5-7,10,13H,4,8-9,11-12,14H2,(H,22,26)(H,23,25). The lowest BCUT2D eigenvalue weighted by molar-refractivity contribution is 0.0454. The highest BCUT2D eigenvalue weighted by atomic mass is 16.6. The molecule has 2 aliphatic rings. The van der Waals surface area contributed by atoms with E-state index in [1.165, 1.54) is 0 Å². The topological polar surface area (TPSA) is 92.8 Å². The molecule has 0 aliphatic carbocycles. The first-order valence-electron chi connectivity index (χ1n) is 9.33. The Balaban J connectivity index is 1.42. The minimum absolute atomic E-state index is 0.198. The lowest BCUT2D eigenvalue weighted by Crippen LogP contribution is -2.38. The van der Waals surface area contributed by atoms with Crippen LogP contribution >= 0.6 is 0 Å². The van der Waals surface area contributed by atoms with Crippen LogP contribution in [-0.4, -0.2) is 47.2 Å². The second kappa shape index (κ2) is 7.75. The largest absolute Gasteiger partial charge is 0.454 e. The molecule has 0 bridgehead atoms. The average molecular weight is 382 g/mol. The highest BCUT2D eigenvalue weighted by Crippen LogP contribution is 2.31. The highest BCUT2D eigenvalue weighted by Gasteiger charge is 2.41. The molecule has 3 amide bonds. The smallest absolute Gasteiger partial charge is 0.407 e. The molecule has 2 N–H and O–H groups in total. The molecule has 1 aromatic heterocycles. The van der Waals surface area contributed by atoms with Gasteiger partial charge in [-0.15, -0.1) is 0 Å². The van der Waals surface area contributed by atoms with Crippen molar-refractivity contribution in [2.45, 2.75) is 24.9 Å². The normalized spacial score (nSPS) is 21.6. The van der Waals surface area contributed by atoms with Crippen molar-refractivity contribution in [2.75, 3.05) is 25.0 Å². The number of likely N-dealkylation sites (tertiary alicyclic amines) is 1. The molecule has 2 aromatic rings. The monoisotopic (exact) mass is 382 g/mol. The Morgan fingerprint density at radius 2 is 2.11 bits per heavy atom. The zero-order valence-electron chi connectivity index (χ0n) is 15.4. The molecule has 8 nitrogen and oxygen atoms in total. The molecule has 3 heterocycles. The second-order valence-corrected chi connectivity index (χ2v) is 6.98. The van der Waals surface area contributed by atoms with Crippen LogP contribution in [0.4, 0.5) is 15.3 Å². The van der Waals surface area contributed by atoms with Crippen LogP contribution in [0.15, 0.2) is 48.8 Å². The van der Waals surface area contributed by atoms with Crippen molar-refractivity contribution < 1.29 is 19.1 Å². The quantitative estimate of drug-likeness (QED) is 0.849. The van der Waals surface area contributed by atoms with E-state index in [0.29, 0.717) is 43.2 Å². The van der Waals surface area contributed by atoms with Crippen molar-refractivity contribution in [1.29, 1.82) is 0 Å². The molecule has 0 saturated carbocycles. The number of pyridine rings is 1. The van der Waals surface area contributed by atoms with Gasteiger partial charge in [0.2, 0.25) is 0 Å². The van der Waals surface area contributed by atoms with Gasteiger partial charge in [0.15, 0.2) is 5.75 Å². The van der Waals surface area contributed by atoms with E-state index in [-0.39, 0.29) is 12.1 Å². The summed E-state index contributed by atoms with van der Waals surface area (Å²) < 4.78 is 11.3. The number of aromatic nitrogens is 1. The van der Waals surface area contributed by atoms with E-state index in [2.05, 4.69) is 15.6 Å². The third kappa shape index (κ3) is 4.00. The van der Waals surface area contributed by atoms with Crippen molar-refractivity contribution in [3.63, 3.8) is 0 Å². The number of alkyl carbamates (subject to hydrolysis) is 1. The number of anilines is 1. The number of urea groups is 1. The summed E-state index contributed by atoms with van der Waals surface area (Å²) in [5.41, 5.74) is 0.0947. The van der Waals surface area contributed by atoms with Gasteiger partial charge >= 0.3 is 12.1 Å². The molecule has 8 heteroatoms. The number of carbonyl (C=O) groups is 2. The van der Waals surface area contributed by atoms with Crippen molar-refractivity contribution in [3.8, 4) is 11.5 Å². The summed E-state index contributed by atoms with van der Waals surface area (Å²) in [7, 11) is 0. The van der Waals surface area contributed by atoms with Crippen LogP contribution in [0.2, 0.25) is 0 Å². The fourth-order valence-electron chi connectivity index (χ4n) is 3.54. The van der Waals surface area contributed by atoms with Gasteiger partial charge in [0.1, 0.15) is 11.4 Å². The van der Waals surface area contributed by atoms with E-state index < -0.39 is 5.60 Å². The minimum atomic E-state index is -0.493. The average Bonchev–Trinajstić information content (AvgIpc) is 2.94. The van der Waals surface area contributed by atoms with E-state index in [4.69, 9.17) is 9.47 Å². The molecule has 1 atom stereocenters. The van der Waals surface area contributed by atoms with Crippen LogP contribution in [0, 0.1) is 0 Å². The first kappa shape index (κ1) is 18.1. The van der Waals surface area contributed by atoms with Gasteiger partial charge < -0.3 is 25.0 Å². The lowest BCUT2D eigenvalue weighted by atomic mass is 9.95. The fraction of sp³-hybridized carbons (Fsp3) is 0.350. The van der Waals surface area contributed by atoms with Crippen LogP contribution in [0.1, 0.15) is 19.3 Å². The SMILES string of the molecule is O=C1NCC2(CCCN(C(=O)Nc3ccccc3Oc3cccnc3)CC2)O1. The molecule has 146 valence electrons. The summed E-state index contributed by atoms with van der Waals surface area (Å²) in [5.74, 6) is 1.14. The molecule has 28 heavy (non-hydrogen) atoms. The van der Waals surface area contributed by atoms with Gasteiger partial charge in [-0.05, 0) is 37.1 Å². The summed E-state index contributed by atoms with van der Waals surface area (Å²) in [6.07, 6.45) is 5.05. The Morgan fingerprint density at radius 1 is 1.21 bits per heavy atom. The molecule has 1 aromatic carbocycles. The van der Waals surface area contributed by atoms with E-state index in [1.807, 2.05) is 12.1 Å². The summed E-state index contributed by atoms with van der Waals surface area (Å²) in [6, 6.07) is 10.7. The van der Waals surface area contributed by atoms with Gasteiger partial charge in [-0.1, -0.05) is 12.1 Å². The molecule has 2 aliphatic heterocycles. The lowest BCUT2D eigenvalue weighted by Gasteiger charge is -2.25. The first-order chi connectivity index (χ1) is 13.6. The van der Waals surface area contributed by atoms with E-state index in [0.717, 1.165) is 12.8 Å². The van der Waals surface area contributed by atoms with Gasteiger partial charge in [-0.25, -0.2) is 9.59 Å². The summed E-state index contributed by atoms with van der Waals surface area (Å²) in [6.45, 7) is 1.63. The summed E-state index contributed by atoms with van der Waals surface area (Å²) in [5, 5.41) is 5.65. The molecule has 2 saturated heterocycles. The van der Waals surface area contributed by atoms with Crippen molar-refractivity contribution in [2.24, 2.45) is 0 Å². The van der Waals surface area contributed by atoms with Gasteiger partial charge in [-0.3, -0.25) is 4.98 Å². The predicted molar refractivity (Wildman–Crippen MR) is 102 cm³/mol. The minimum Gasteiger partial charge on any atom is -0.454 e. The van der Waals surface area contributed by atoms with Crippen molar-refractivity contribution >= 4 is 17.8 Å². The molecule has 4 rings (SSSR count). The third-order valence-corrected chi connectivity index (χ3v) is 5.04. The maximum absolute atomic E-state index is 12.8. The van der Waals surface area contributed by atoms with E-state index in [1.54, 1.807) is 41.6 Å². The van der Waals surface area contributed by atoms with Crippen LogP contribution in [0.5, 0.6) is 11.5 Å². The Labute approximate surface area is 162 Å². The van der Waals surface area contributed by atoms with Crippen LogP contribution in [0.25, 0.3) is 0 Å². The van der Waals surface area contributed by atoms with E-state index in [9.17, 15) is 9.59 Å². The molecule has 1 unspecified atom stereocenters. The van der Waals surface area contributed by atoms with Crippen LogP contribution in [-0.2, 0) is 4.74 Å². The summed E-state index contributed by atoms with van der Waals surface area (Å²) >= 11 is 0. The number of hydrogen-bond donors (Lipinski definition) is 2. The number of carbonyl (C=O) groups excluding carboxylic acids is 2. The molecule has 1 spiro atoms. The fourth-order valence-corrected chi connectivity index (χ4v) is 3.54. The van der Waals surface area contributed by atoms with Gasteiger partial charge in [0, 0.05) is 25.7 Å². The third-order valence-electron chi connectivity index (χ3n) is 5.04. The molecular formula is C20H22N4O4. The number of rotatable bonds is 3. The van der Waals surface area contributed by atoms with Crippen molar-refractivity contribution in [1.82, 2.24) is 15.2 Å². The Morgan fingerprint density at radius 3 is 2.89 bits per heavy atom. The molecule has 2 fully saturated rings. The number of nitrogens with one attached hydrogen (secondary N) is 2. The number of nitrogens with zero attached hydrogens (tertiary/aromatic N) is 2. The van der Waals surface area contributed by atoms with E-state index >= 15 is 0 Å². The van der Waals surface area contributed by atoms with Gasteiger partial charge in [-0.2, -0.15) is 0 Å². The first-order valence-corrected chi connectivity index (χ1v) is 9.33. The number of benzene rings is 1. The maximum Gasteiger partial charge on any atom is 0.407 e. The van der Waals surface area contributed by atoms with Gasteiger partial charge in [0.25, 0.3) is 0 Å². The highest BCUT2D eigenvalue weighted by molar-refractivity contribution is 5.91. The van der Waals surface area contributed by atoms with Gasteiger partial charge in [0.05, 0.1) is 18.4 Å². The Kier molecular flexibility index (Phi) is 5.01. The second-order valence-electron chi connectivity index (χ2n) is 6.98. The van der Waals surface area contributed by atoms with Crippen LogP contribution < -0.4 is 15.4 Å². The maximum atomic E-state index is 12.8. The van der Waals surface area contributed by atoms with Crippen LogP contribution in [0.3, 0.4) is 0 Å². The Bertz CT molecular complexity index is 860. The number of hydrogen-bond acceptors (Lipinski definition) is 5. The predicted octanol–water partition coefficient (Wildman–Crippen LogP) is 3.37. The zero-order valence-corrected chi connectivity index (χ0v) is 15.4. The number of para-hydroxylation sites is 2. The Hall–Kier alpha value is -3.29.